The topological polar surface area (TPSA) is 97.1 Å². The second-order valence-corrected chi connectivity index (χ2v) is 6.85. The maximum Gasteiger partial charge on any atom is 0.312 e. The number of nitrogens with zero attached hydrogens (tertiary/aromatic N) is 1. The number of aromatic hydroxyl groups is 1. The van der Waals surface area contributed by atoms with Crippen LogP contribution in [0.5, 0.6) is 17.2 Å². The van der Waals surface area contributed by atoms with Crippen molar-refractivity contribution in [2.75, 3.05) is 20.9 Å². The number of carbonyl (C=O) groups excluding carboxylic acids is 1. The van der Waals surface area contributed by atoms with Gasteiger partial charge in [0.15, 0.2) is 11.5 Å². The van der Waals surface area contributed by atoms with Crippen molar-refractivity contribution in [3.05, 3.63) is 53.1 Å². The molecule has 1 unspecified atom stereocenters. The molecule has 2 amide bonds. The Morgan fingerprint density at radius 2 is 1.96 bits per heavy atom. The third-order valence-electron chi connectivity index (χ3n) is 4.76. The van der Waals surface area contributed by atoms with Crippen LogP contribution in [0.15, 0.2) is 36.4 Å². The van der Waals surface area contributed by atoms with Gasteiger partial charge in [-0.1, -0.05) is 18.2 Å². The molecule has 7 heteroatoms. The lowest BCUT2D eigenvalue weighted by Crippen LogP contribution is -2.33. The molecule has 2 aromatic rings. The molecule has 0 fully saturated rings. The van der Waals surface area contributed by atoms with Gasteiger partial charge in [0.25, 0.3) is 0 Å². The number of rotatable bonds is 7. The molecule has 0 saturated heterocycles. The monoisotopic (exact) mass is 371 g/mol. The predicted octanol–water partition coefficient (Wildman–Crippen LogP) is 2.00. The van der Waals surface area contributed by atoms with E-state index in [1.165, 1.54) is 0 Å². The fourth-order valence-electron chi connectivity index (χ4n) is 3.25. The number of phenols is 1. The van der Waals surface area contributed by atoms with Gasteiger partial charge in [-0.25, -0.2) is 4.79 Å². The number of nitrogens with one attached hydrogen (secondary N) is 1. The number of para-hydroxylation sites is 1. The Morgan fingerprint density at radius 1 is 1.19 bits per heavy atom. The van der Waals surface area contributed by atoms with E-state index in [4.69, 9.17) is 15.2 Å². The van der Waals surface area contributed by atoms with Crippen LogP contribution < -0.4 is 20.5 Å². The molecular weight excluding hydrogens is 346 g/mol. The van der Waals surface area contributed by atoms with Gasteiger partial charge >= 0.3 is 6.03 Å². The lowest BCUT2D eigenvalue weighted by Gasteiger charge is -2.26. The van der Waals surface area contributed by atoms with Crippen LogP contribution in [0.4, 0.5) is 4.79 Å². The van der Waals surface area contributed by atoms with Gasteiger partial charge in [0, 0.05) is 12.6 Å². The summed E-state index contributed by atoms with van der Waals surface area (Å²) < 4.78 is 11.1. The lowest BCUT2D eigenvalue weighted by atomic mass is 9.94. The number of urea groups is 1. The minimum absolute atomic E-state index is 0.162. The summed E-state index contributed by atoms with van der Waals surface area (Å²) in [6, 6.07) is 10.7. The van der Waals surface area contributed by atoms with E-state index in [1.54, 1.807) is 12.1 Å². The van der Waals surface area contributed by atoms with Crippen molar-refractivity contribution in [3.63, 3.8) is 0 Å². The SMILES string of the molecule is CN(C)C(Cc1cc(O)ccc1CNC(N)=O)Cc1cccc2c1OCO2. The molecule has 0 saturated carbocycles. The molecule has 1 atom stereocenters. The number of nitrogens with two attached hydrogens (primary N) is 1. The maximum absolute atomic E-state index is 11.1. The van der Waals surface area contributed by atoms with Crippen molar-refractivity contribution in [3.8, 4) is 17.2 Å². The van der Waals surface area contributed by atoms with Crippen molar-refractivity contribution in [2.45, 2.75) is 25.4 Å². The summed E-state index contributed by atoms with van der Waals surface area (Å²) in [5, 5.41) is 12.5. The molecule has 1 heterocycles. The fraction of sp³-hybridized carbons (Fsp3) is 0.350. The molecule has 1 aliphatic heterocycles. The smallest absolute Gasteiger partial charge is 0.312 e. The number of primary amides is 1. The van der Waals surface area contributed by atoms with E-state index >= 15 is 0 Å². The number of ether oxygens (including phenoxy) is 2. The van der Waals surface area contributed by atoms with E-state index in [0.29, 0.717) is 13.0 Å². The molecule has 7 nitrogen and oxygen atoms in total. The standard InChI is InChI=1S/C20H25N3O4/c1-23(2)16(8-13-4-3-5-18-19(13)27-12-26-18)9-15-10-17(24)7-6-14(15)11-22-20(21)25/h3-7,10,16,24H,8-9,11-12H2,1-2H3,(H3,21,22,25). The lowest BCUT2D eigenvalue weighted by molar-refractivity contribution is 0.172. The largest absolute Gasteiger partial charge is 0.508 e. The van der Waals surface area contributed by atoms with Crippen LogP contribution in [0.2, 0.25) is 0 Å². The van der Waals surface area contributed by atoms with Crippen molar-refractivity contribution in [2.24, 2.45) is 5.73 Å². The van der Waals surface area contributed by atoms with Crippen LogP contribution in [0.1, 0.15) is 16.7 Å². The average Bonchev–Trinajstić information content (AvgIpc) is 3.10. The van der Waals surface area contributed by atoms with E-state index < -0.39 is 6.03 Å². The van der Waals surface area contributed by atoms with Crippen LogP contribution in [-0.2, 0) is 19.4 Å². The summed E-state index contributed by atoms with van der Waals surface area (Å²) in [6.07, 6.45) is 1.46. The fourth-order valence-corrected chi connectivity index (χ4v) is 3.25. The van der Waals surface area contributed by atoms with E-state index in [9.17, 15) is 9.90 Å². The van der Waals surface area contributed by atoms with E-state index in [2.05, 4.69) is 10.2 Å². The number of benzene rings is 2. The summed E-state index contributed by atoms with van der Waals surface area (Å²) >= 11 is 0. The third kappa shape index (κ3) is 4.62. The average molecular weight is 371 g/mol. The third-order valence-corrected chi connectivity index (χ3v) is 4.76. The number of amides is 2. The molecular formula is C20H25N3O4. The highest BCUT2D eigenvalue weighted by Gasteiger charge is 2.22. The van der Waals surface area contributed by atoms with Crippen molar-refractivity contribution >= 4 is 6.03 Å². The maximum atomic E-state index is 11.1. The second-order valence-electron chi connectivity index (χ2n) is 6.85. The first kappa shape index (κ1) is 18.8. The van der Waals surface area contributed by atoms with Crippen LogP contribution in [-0.4, -0.2) is 43.0 Å². The normalized spacial score (nSPS) is 13.6. The molecule has 0 spiro atoms. The Balaban J connectivity index is 1.82. The zero-order chi connectivity index (χ0) is 19.4. The van der Waals surface area contributed by atoms with Gasteiger partial charge in [0.05, 0.1) is 0 Å². The van der Waals surface area contributed by atoms with Crippen molar-refractivity contribution in [1.82, 2.24) is 10.2 Å². The van der Waals surface area contributed by atoms with Gasteiger partial charge in [0.2, 0.25) is 6.79 Å². The first-order valence-electron chi connectivity index (χ1n) is 8.82. The minimum Gasteiger partial charge on any atom is -0.508 e. The Bertz CT molecular complexity index is 823. The molecule has 144 valence electrons. The number of hydrogen-bond acceptors (Lipinski definition) is 5. The Hall–Kier alpha value is -2.93. The van der Waals surface area contributed by atoms with Gasteiger partial charge in [-0.2, -0.15) is 0 Å². The predicted molar refractivity (Wildman–Crippen MR) is 102 cm³/mol. The zero-order valence-corrected chi connectivity index (χ0v) is 15.6. The molecule has 4 N–H and O–H groups in total. The van der Waals surface area contributed by atoms with Crippen LogP contribution in [0.3, 0.4) is 0 Å². The van der Waals surface area contributed by atoms with E-state index in [1.807, 2.05) is 38.4 Å². The first-order chi connectivity index (χ1) is 12.9. The molecule has 0 bridgehead atoms. The Labute approximate surface area is 158 Å². The highest BCUT2D eigenvalue weighted by Crippen LogP contribution is 2.36. The van der Waals surface area contributed by atoms with E-state index in [-0.39, 0.29) is 18.6 Å². The van der Waals surface area contributed by atoms with Crippen LogP contribution >= 0.6 is 0 Å². The van der Waals surface area contributed by atoms with Crippen molar-refractivity contribution in [1.29, 1.82) is 0 Å². The van der Waals surface area contributed by atoms with Gasteiger partial charge in [-0.15, -0.1) is 0 Å². The summed E-state index contributed by atoms with van der Waals surface area (Å²) in [5.41, 5.74) is 8.17. The van der Waals surface area contributed by atoms with E-state index in [0.717, 1.165) is 34.6 Å². The van der Waals surface area contributed by atoms with Crippen molar-refractivity contribution < 1.29 is 19.4 Å². The van der Waals surface area contributed by atoms with Crippen LogP contribution in [0, 0.1) is 0 Å². The number of likely N-dealkylation sites (N-methyl/N-ethyl adjacent to an activating group) is 1. The number of fused-ring (bicyclic) bond motifs is 1. The minimum atomic E-state index is -0.574. The van der Waals surface area contributed by atoms with Gasteiger partial charge in [0.1, 0.15) is 5.75 Å². The van der Waals surface area contributed by atoms with Crippen LogP contribution in [0.25, 0.3) is 0 Å². The number of hydrogen-bond donors (Lipinski definition) is 3. The first-order valence-corrected chi connectivity index (χ1v) is 8.82. The molecule has 3 rings (SSSR count). The molecule has 0 radical (unpaired) electrons. The molecule has 1 aliphatic rings. The van der Waals surface area contributed by atoms with Gasteiger partial charge < -0.3 is 30.5 Å². The highest BCUT2D eigenvalue weighted by molar-refractivity contribution is 5.71. The van der Waals surface area contributed by atoms with Gasteiger partial charge in [-0.3, -0.25) is 0 Å². The molecule has 0 aliphatic carbocycles. The Morgan fingerprint density at radius 3 is 2.70 bits per heavy atom. The summed E-state index contributed by atoms with van der Waals surface area (Å²) in [6.45, 7) is 0.567. The molecule has 2 aromatic carbocycles. The Kier molecular flexibility index (Phi) is 5.71. The number of phenolic OH excluding ortho intramolecular Hbond substituents is 1. The quantitative estimate of drug-likeness (QED) is 0.692. The van der Waals surface area contributed by atoms with Gasteiger partial charge in [-0.05, 0) is 61.8 Å². The highest BCUT2D eigenvalue weighted by atomic mass is 16.7. The summed E-state index contributed by atoms with van der Waals surface area (Å²) in [5.74, 6) is 1.77. The molecule has 27 heavy (non-hydrogen) atoms. The molecule has 0 aromatic heterocycles. The second kappa shape index (κ2) is 8.18. The zero-order valence-electron chi connectivity index (χ0n) is 15.6. The number of carbonyl (C=O) groups is 1. The summed E-state index contributed by atoms with van der Waals surface area (Å²) in [4.78, 5) is 13.2. The summed E-state index contributed by atoms with van der Waals surface area (Å²) in [7, 11) is 4.05.